The summed E-state index contributed by atoms with van der Waals surface area (Å²) < 4.78 is 1.63. The number of fused-ring (bicyclic) bond motifs is 1. The fourth-order valence-electron chi connectivity index (χ4n) is 2.81. The van der Waals surface area contributed by atoms with Crippen LogP contribution in [-0.2, 0) is 11.8 Å². The lowest BCUT2D eigenvalue weighted by Crippen LogP contribution is -2.29. The number of aryl methyl sites for hydroxylation is 1. The van der Waals surface area contributed by atoms with E-state index in [1.54, 1.807) is 17.9 Å². The maximum absolute atomic E-state index is 12.2. The predicted molar refractivity (Wildman–Crippen MR) is 74.9 cm³/mol. The topological polar surface area (TPSA) is 84.2 Å². The third-order valence-corrected chi connectivity index (χ3v) is 3.87. The van der Waals surface area contributed by atoms with Gasteiger partial charge in [0, 0.05) is 7.05 Å². The summed E-state index contributed by atoms with van der Waals surface area (Å²) in [5, 5.41) is 12.2. The van der Waals surface area contributed by atoms with Gasteiger partial charge in [-0.05, 0) is 17.5 Å². The number of carbonyl (C=O) groups is 2. The minimum Gasteiger partial charge on any atom is -0.481 e. The Morgan fingerprint density at radius 2 is 2.05 bits per heavy atom. The summed E-state index contributed by atoms with van der Waals surface area (Å²) in [6, 6.07) is 7.06. The van der Waals surface area contributed by atoms with Crippen molar-refractivity contribution in [3.05, 3.63) is 53.6 Å². The Morgan fingerprint density at radius 3 is 2.67 bits per heavy atom. The molecule has 0 fully saturated rings. The second-order valence-electron chi connectivity index (χ2n) is 5.17. The molecule has 1 aromatic carbocycles. The van der Waals surface area contributed by atoms with Gasteiger partial charge < -0.3 is 15.0 Å². The fourth-order valence-corrected chi connectivity index (χ4v) is 2.81. The Labute approximate surface area is 121 Å². The lowest BCUT2D eigenvalue weighted by Gasteiger charge is -2.14. The number of aromatic nitrogens is 2. The third-order valence-electron chi connectivity index (χ3n) is 3.87. The highest BCUT2D eigenvalue weighted by Crippen LogP contribution is 2.40. The second kappa shape index (κ2) is 5.05. The van der Waals surface area contributed by atoms with Crippen LogP contribution in [0.2, 0.25) is 0 Å². The summed E-state index contributed by atoms with van der Waals surface area (Å²) in [4.78, 5) is 27.5. The van der Waals surface area contributed by atoms with E-state index < -0.39 is 11.9 Å². The summed E-state index contributed by atoms with van der Waals surface area (Å²) >= 11 is 0. The lowest BCUT2D eigenvalue weighted by atomic mass is 10.0. The van der Waals surface area contributed by atoms with E-state index in [1.807, 2.05) is 24.3 Å². The average molecular weight is 285 g/mol. The molecule has 0 saturated heterocycles. The molecule has 2 unspecified atom stereocenters. The van der Waals surface area contributed by atoms with Crippen LogP contribution in [0.3, 0.4) is 0 Å². The molecule has 6 nitrogen and oxygen atoms in total. The number of hydrogen-bond acceptors (Lipinski definition) is 3. The van der Waals surface area contributed by atoms with E-state index in [2.05, 4.69) is 10.3 Å². The smallest absolute Gasteiger partial charge is 0.311 e. The zero-order valence-corrected chi connectivity index (χ0v) is 11.5. The molecular weight excluding hydrogens is 270 g/mol. The van der Waals surface area contributed by atoms with Crippen molar-refractivity contribution in [3.63, 3.8) is 0 Å². The lowest BCUT2D eigenvalue weighted by molar-refractivity contribution is -0.138. The largest absolute Gasteiger partial charge is 0.481 e. The molecule has 1 amide bonds. The van der Waals surface area contributed by atoms with Gasteiger partial charge in [-0.15, -0.1) is 0 Å². The van der Waals surface area contributed by atoms with Gasteiger partial charge in [-0.3, -0.25) is 9.59 Å². The third kappa shape index (κ3) is 2.29. The quantitative estimate of drug-likeness (QED) is 0.894. The minimum absolute atomic E-state index is 0.249. The summed E-state index contributed by atoms with van der Waals surface area (Å²) in [6.45, 7) is 0. The van der Waals surface area contributed by atoms with Crippen molar-refractivity contribution in [2.45, 2.75) is 18.4 Å². The average Bonchev–Trinajstić information content (AvgIpc) is 3.03. The van der Waals surface area contributed by atoms with Crippen LogP contribution in [0.25, 0.3) is 0 Å². The van der Waals surface area contributed by atoms with Gasteiger partial charge in [0.1, 0.15) is 5.69 Å². The van der Waals surface area contributed by atoms with Crippen molar-refractivity contribution in [1.82, 2.24) is 14.9 Å². The van der Waals surface area contributed by atoms with Crippen LogP contribution in [0, 0.1) is 0 Å². The number of carboxylic acids is 1. The molecule has 21 heavy (non-hydrogen) atoms. The Kier molecular flexibility index (Phi) is 3.21. The number of imidazole rings is 1. The van der Waals surface area contributed by atoms with Gasteiger partial charge in [-0.1, -0.05) is 24.3 Å². The van der Waals surface area contributed by atoms with E-state index >= 15 is 0 Å². The van der Waals surface area contributed by atoms with Crippen LogP contribution in [0.4, 0.5) is 0 Å². The van der Waals surface area contributed by atoms with E-state index in [9.17, 15) is 14.7 Å². The number of nitrogens with zero attached hydrogens (tertiary/aromatic N) is 2. The van der Waals surface area contributed by atoms with Crippen LogP contribution in [0.5, 0.6) is 0 Å². The zero-order chi connectivity index (χ0) is 15.0. The van der Waals surface area contributed by atoms with Crippen molar-refractivity contribution in [3.8, 4) is 0 Å². The molecule has 1 aliphatic carbocycles. The van der Waals surface area contributed by atoms with Gasteiger partial charge in [0.2, 0.25) is 0 Å². The first-order valence-corrected chi connectivity index (χ1v) is 6.66. The van der Waals surface area contributed by atoms with Crippen molar-refractivity contribution in [1.29, 1.82) is 0 Å². The number of benzene rings is 1. The van der Waals surface area contributed by atoms with E-state index in [0.29, 0.717) is 12.1 Å². The highest BCUT2D eigenvalue weighted by atomic mass is 16.4. The van der Waals surface area contributed by atoms with Gasteiger partial charge in [-0.25, -0.2) is 4.98 Å². The first-order chi connectivity index (χ1) is 10.1. The van der Waals surface area contributed by atoms with Crippen LogP contribution in [0.1, 0.15) is 40.0 Å². The summed E-state index contributed by atoms with van der Waals surface area (Å²) in [5.74, 6) is -1.68. The first-order valence-electron chi connectivity index (χ1n) is 6.66. The number of nitrogens with one attached hydrogen (secondary N) is 1. The Balaban J connectivity index is 1.86. The molecule has 1 heterocycles. The Morgan fingerprint density at radius 1 is 1.33 bits per heavy atom. The van der Waals surface area contributed by atoms with E-state index in [1.165, 1.54) is 6.20 Å². The monoisotopic (exact) mass is 285 g/mol. The van der Waals surface area contributed by atoms with Crippen LogP contribution in [0.15, 0.2) is 36.8 Å². The molecule has 3 rings (SSSR count). The molecule has 0 aliphatic heterocycles. The maximum Gasteiger partial charge on any atom is 0.311 e. The fraction of sp³-hybridized carbons (Fsp3) is 0.267. The molecule has 1 aromatic heterocycles. The minimum atomic E-state index is -0.861. The molecule has 0 spiro atoms. The number of amides is 1. The number of aliphatic carboxylic acids is 1. The van der Waals surface area contributed by atoms with Crippen molar-refractivity contribution in [2.75, 3.05) is 0 Å². The molecule has 2 aromatic rings. The van der Waals surface area contributed by atoms with Crippen molar-refractivity contribution in [2.24, 2.45) is 7.05 Å². The van der Waals surface area contributed by atoms with Gasteiger partial charge >= 0.3 is 5.97 Å². The molecule has 108 valence electrons. The number of carbonyl (C=O) groups excluding carboxylic acids is 1. The zero-order valence-electron chi connectivity index (χ0n) is 11.5. The van der Waals surface area contributed by atoms with Gasteiger partial charge in [0.25, 0.3) is 5.91 Å². The second-order valence-corrected chi connectivity index (χ2v) is 5.17. The van der Waals surface area contributed by atoms with Gasteiger partial charge in [-0.2, -0.15) is 0 Å². The maximum atomic E-state index is 12.2. The number of carboxylic acid groups (broad SMARTS) is 1. The van der Waals surface area contributed by atoms with E-state index in [-0.39, 0.29) is 11.9 Å². The normalized spacial score (nSPS) is 20.0. The van der Waals surface area contributed by atoms with Crippen LogP contribution < -0.4 is 5.32 Å². The Bertz CT molecular complexity index is 708. The standard InChI is InChI=1S/C15H15N3O3/c1-18-8-16-7-13(18)14(19)17-12-6-11(15(20)21)9-4-2-3-5-10(9)12/h2-5,7-8,11-12H,6H2,1H3,(H,17,19)(H,20,21). The molecule has 0 saturated carbocycles. The molecule has 0 bridgehead atoms. The summed E-state index contributed by atoms with van der Waals surface area (Å²) in [5.41, 5.74) is 2.10. The highest BCUT2D eigenvalue weighted by molar-refractivity contribution is 5.93. The Hall–Kier alpha value is -2.63. The van der Waals surface area contributed by atoms with Gasteiger partial charge in [0.05, 0.1) is 24.5 Å². The van der Waals surface area contributed by atoms with Crippen molar-refractivity contribution < 1.29 is 14.7 Å². The molecule has 6 heteroatoms. The summed E-state index contributed by atoms with van der Waals surface area (Å²) in [7, 11) is 1.74. The van der Waals surface area contributed by atoms with Crippen molar-refractivity contribution >= 4 is 11.9 Å². The van der Waals surface area contributed by atoms with E-state index in [4.69, 9.17) is 0 Å². The molecule has 2 atom stereocenters. The number of hydrogen-bond donors (Lipinski definition) is 2. The number of rotatable bonds is 3. The highest BCUT2D eigenvalue weighted by Gasteiger charge is 2.36. The van der Waals surface area contributed by atoms with Crippen LogP contribution in [-0.4, -0.2) is 26.5 Å². The first kappa shape index (κ1) is 13.4. The van der Waals surface area contributed by atoms with E-state index in [0.717, 1.165) is 11.1 Å². The SMILES string of the molecule is Cn1cncc1C(=O)NC1CC(C(=O)O)c2ccccc21. The van der Waals surface area contributed by atoms with Gasteiger partial charge in [0.15, 0.2) is 0 Å². The molecule has 2 N–H and O–H groups in total. The molecule has 0 radical (unpaired) electrons. The molecule has 1 aliphatic rings. The summed E-state index contributed by atoms with van der Waals surface area (Å²) in [6.07, 6.45) is 3.42. The molecular formula is C15H15N3O3. The van der Waals surface area contributed by atoms with Crippen LogP contribution >= 0.6 is 0 Å². The predicted octanol–water partition coefficient (Wildman–Crippen LogP) is 1.46.